The minimum Gasteiger partial charge on any atom is -0.324 e. The largest absolute Gasteiger partial charge is 0.324 e. The molecule has 1 N–H and O–H groups in total. The molecule has 2 aromatic heterocycles. The van der Waals surface area contributed by atoms with E-state index >= 15 is 0 Å². The Hall–Kier alpha value is -2.18. The standard InChI is InChI=1S/C18H19ClN4OS/c1-10-13(4)25-18(20-10)23-12(3)14(11(2)22-23)9-17(24)21-16-8-6-5-7-15(16)19/h5-8H,9H2,1-4H3,(H,21,24). The van der Waals surface area contributed by atoms with Crippen molar-refractivity contribution in [2.75, 3.05) is 5.32 Å². The van der Waals surface area contributed by atoms with Crippen molar-refractivity contribution in [3.05, 3.63) is 56.8 Å². The molecule has 1 amide bonds. The predicted octanol–water partition coefficient (Wildman–Crippen LogP) is 4.40. The van der Waals surface area contributed by atoms with Crippen LogP contribution in [0, 0.1) is 27.7 Å². The molecule has 3 aromatic rings. The van der Waals surface area contributed by atoms with Crippen LogP contribution in [0.1, 0.15) is 27.5 Å². The number of amides is 1. The zero-order valence-electron chi connectivity index (χ0n) is 14.6. The number of thiazole rings is 1. The third-order valence-electron chi connectivity index (χ3n) is 4.12. The summed E-state index contributed by atoms with van der Waals surface area (Å²) < 4.78 is 1.82. The van der Waals surface area contributed by atoms with Gasteiger partial charge in [0, 0.05) is 16.1 Å². The van der Waals surface area contributed by atoms with Gasteiger partial charge in [0.15, 0.2) is 0 Å². The fraction of sp³-hybridized carbons (Fsp3) is 0.278. The van der Waals surface area contributed by atoms with Gasteiger partial charge in [0.2, 0.25) is 11.0 Å². The molecule has 0 aliphatic carbocycles. The zero-order chi connectivity index (χ0) is 18.1. The molecule has 5 nitrogen and oxygen atoms in total. The van der Waals surface area contributed by atoms with Crippen molar-refractivity contribution in [1.82, 2.24) is 14.8 Å². The summed E-state index contributed by atoms with van der Waals surface area (Å²) >= 11 is 7.70. The molecule has 0 fully saturated rings. The number of para-hydroxylation sites is 1. The first kappa shape index (κ1) is 17.6. The van der Waals surface area contributed by atoms with Crippen LogP contribution in [0.2, 0.25) is 5.02 Å². The molecule has 0 unspecified atom stereocenters. The summed E-state index contributed by atoms with van der Waals surface area (Å²) in [7, 11) is 0. The Bertz CT molecular complexity index is 925. The molecule has 0 bridgehead atoms. The highest BCUT2D eigenvalue weighted by Gasteiger charge is 2.18. The van der Waals surface area contributed by atoms with Gasteiger partial charge in [0.25, 0.3) is 0 Å². The van der Waals surface area contributed by atoms with E-state index in [-0.39, 0.29) is 12.3 Å². The monoisotopic (exact) mass is 374 g/mol. The Labute approximate surface area is 155 Å². The summed E-state index contributed by atoms with van der Waals surface area (Å²) in [6.07, 6.45) is 0.242. The summed E-state index contributed by atoms with van der Waals surface area (Å²) in [5.41, 5.74) is 4.29. The molecule has 0 radical (unpaired) electrons. The van der Waals surface area contributed by atoms with Gasteiger partial charge in [-0.1, -0.05) is 35.1 Å². The summed E-state index contributed by atoms with van der Waals surface area (Å²) in [4.78, 5) is 18.1. The Morgan fingerprint density at radius 1 is 1.20 bits per heavy atom. The molecule has 0 atom stereocenters. The maximum Gasteiger partial charge on any atom is 0.228 e. The molecular weight excluding hydrogens is 356 g/mol. The van der Waals surface area contributed by atoms with Crippen LogP contribution in [0.4, 0.5) is 5.69 Å². The second-order valence-corrected chi connectivity index (χ2v) is 7.49. The quantitative estimate of drug-likeness (QED) is 0.736. The number of nitrogens with one attached hydrogen (secondary N) is 1. The third kappa shape index (κ3) is 3.60. The number of hydrogen-bond acceptors (Lipinski definition) is 4. The maximum atomic E-state index is 12.4. The number of carbonyl (C=O) groups excluding carboxylic acids is 1. The van der Waals surface area contributed by atoms with Gasteiger partial charge in [0.05, 0.1) is 28.5 Å². The van der Waals surface area contributed by atoms with Crippen molar-refractivity contribution >= 4 is 34.5 Å². The molecule has 2 heterocycles. The van der Waals surface area contributed by atoms with E-state index < -0.39 is 0 Å². The van der Waals surface area contributed by atoms with Crippen LogP contribution < -0.4 is 5.32 Å². The minimum atomic E-state index is -0.120. The highest BCUT2D eigenvalue weighted by molar-refractivity contribution is 7.14. The molecule has 3 rings (SSSR count). The Kier molecular flexibility index (Phi) is 4.92. The van der Waals surface area contributed by atoms with Crippen LogP contribution in [0.3, 0.4) is 0 Å². The fourth-order valence-electron chi connectivity index (χ4n) is 2.58. The number of halogens is 1. The van der Waals surface area contributed by atoms with Crippen molar-refractivity contribution in [3.63, 3.8) is 0 Å². The van der Waals surface area contributed by atoms with Gasteiger partial charge in [-0.05, 0) is 39.8 Å². The lowest BCUT2D eigenvalue weighted by Crippen LogP contribution is -2.15. The number of nitrogens with zero attached hydrogens (tertiary/aromatic N) is 3. The van der Waals surface area contributed by atoms with Crippen molar-refractivity contribution in [1.29, 1.82) is 0 Å². The summed E-state index contributed by atoms with van der Waals surface area (Å²) in [5.74, 6) is -0.120. The number of anilines is 1. The van der Waals surface area contributed by atoms with E-state index in [1.165, 1.54) is 4.88 Å². The minimum absolute atomic E-state index is 0.120. The molecule has 0 aliphatic heterocycles. The van der Waals surface area contributed by atoms with Gasteiger partial charge < -0.3 is 5.32 Å². The van der Waals surface area contributed by atoms with Crippen molar-refractivity contribution in [2.24, 2.45) is 0 Å². The first-order valence-electron chi connectivity index (χ1n) is 7.90. The fourth-order valence-corrected chi connectivity index (χ4v) is 3.68. The molecule has 0 aliphatic rings. The second kappa shape index (κ2) is 6.98. The van der Waals surface area contributed by atoms with E-state index in [0.29, 0.717) is 10.7 Å². The predicted molar refractivity (Wildman–Crippen MR) is 102 cm³/mol. The van der Waals surface area contributed by atoms with E-state index in [1.54, 1.807) is 23.5 Å². The Morgan fingerprint density at radius 2 is 1.92 bits per heavy atom. The van der Waals surface area contributed by atoms with E-state index in [4.69, 9.17) is 11.6 Å². The first-order chi connectivity index (χ1) is 11.9. The second-order valence-electron chi connectivity index (χ2n) is 5.90. The van der Waals surface area contributed by atoms with Crippen LogP contribution in [0.25, 0.3) is 5.13 Å². The van der Waals surface area contributed by atoms with E-state index in [1.807, 2.05) is 44.5 Å². The van der Waals surface area contributed by atoms with Gasteiger partial charge in [-0.2, -0.15) is 5.10 Å². The highest BCUT2D eigenvalue weighted by Crippen LogP contribution is 2.25. The average Bonchev–Trinajstić information content (AvgIpc) is 3.03. The van der Waals surface area contributed by atoms with Crippen molar-refractivity contribution < 1.29 is 4.79 Å². The average molecular weight is 375 g/mol. The molecule has 0 saturated heterocycles. The van der Waals surface area contributed by atoms with Crippen molar-refractivity contribution in [3.8, 4) is 5.13 Å². The van der Waals surface area contributed by atoms with E-state index in [2.05, 4.69) is 15.4 Å². The molecule has 0 saturated carbocycles. The number of carbonyl (C=O) groups is 1. The highest BCUT2D eigenvalue weighted by atomic mass is 35.5. The number of aromatic nitrogens is 3. The van der Waals surface area contributed by atoms with Crippen LogP contribution in [-0.2, 0) is 11.2 Å². The summed E-state index contributed by atoms with van der Waals surface area (Å²) in [6.45, 7) is 7.90. The normalized spacial score (nSPS) is 10.9. The molecule has 25 heavy (non-hydrogen) atoms. The van der Waals surface area contributed by atoms with Gasteiger partial charge in [0.1, 0.15) is 0 Å². The smallest absolute Gasteiger partial charge is 0.228 e. The van der Waals surface area contributed by atoms with Crippen LogP contribution in [0.5, 0.6) is 0 Å². The van der Waals surface area contributed by atoms with E-state index in [0.717, 1.165) is 27.8 Å². The van der Waals surface area contributed by atoms with Crippen molar-refractivity contribution in [2.45, 2.75) is 34.1 Å². The lowest BCUT2D eigenvalue weighted by atomic mass is 10.1. The molecule has 1 aromatic carbocycles. The van der Waals surface area contributed by atoms with Crippen LogP contribution in [0.15, 0.2) is 24.3 Å². The van der Waals surface area contributed by atoms with Gasteiger partial charge in [-0.15, -0.1) is 0 Å². The van der Waals surface area contributed by atoms with E-state index in [9.17, 15) is 4.79 Å². The number of hydrogen-bond donors (Lipinski definition) is 1. The molecule has 130 valence electrons. The zero-order valence-corrected chi connectivity index (χ0v) is 16.1. The molecule has 0 spiro atoms. The molecular formula is C18H19ClN4OS. The van der Waals surface area contributed by atoms with Gasteiger partial charge in [-0.3, -0.25) is 4.79 Å². The lowest BCUT2D eigenvalue weighted by molar-refractivity contribution is -0.115. The lowest BCUT2D eigenvalue weighted by Gasteiger charge is -2.07. The number of benzene rings is 1. The third-order valence-corrected chi connectivity index (χ3v) is 5.50. The summed E-state index contributed by atoms with van der Waals surface area (Å²) in [6, 6.07) is 7.20. The SMILES string of the molecule is Cc1nc(-n2nc(C)c(CC(=O)Nc3ccccc3Cl)c2C)sc1C. The summed E-state index contributed by atoms with van der Waals surface area (Å²) in [5, 5.41) is 8.77. The van der Waals surface area contributed by atoms with Gasteiger partial charge in [-0.25, -0.2) is 9.67 Å². The topological polar surface area (TPSA) is 59.8 Å². The van der Waals surface area contributed by atoms with Crippen LogP contribution in [-0.4, -0.2) is 20.7 Å². The van der Waals surface area contributed by atoms with Crippen LogP contribution >= 0.6 is 22.9 Å². The number of aryl methyl sites for hydroxylation is 3. The molecule has 7 heteroatoms. The van der Waals surface area contributed by atoms with Gasteiger partial charge >= 0.3 is 0 Å². The Morgan fingerprint density at radius 3 is 2.56 bits per heavy atom. The first-order valence-corrected chi connectivity index (χ1v) is 9.10. The Balaban J connectivity index is 1.83. The maximum absolute atomic E-state index is 12.4. The number of rotatable bonds is 4.